The van der Waals surface area contributed by atoms with Gasteiger partial charge in [-0.15, -0.1) is 0 Å². The lowest BCUT2D eigenvalue weighted by molar-refractivity contribution is -0.130. The van der Waals surface area contributed by atoms with Gasteiger partial charge in [-0.1, -0.05) is 11.6 Å². The Hall–Kier alpha value is -1.88. The van der Waals surface area contributed by atoms with Crippen LogP contribution in [0.5, 0.6) is 5.75 Å². The number of benzene rings is 1. The molecule has 0 fully saturated rings. The smallest absolute Gasteiger partial charge is 0.256 e. The van der Waals surface area contributed by atoms with Crippen molar-refractivity contribution in [3.05, 3.63) is 35.6 Å². The zero-order chi connectivity index (χ0) is 12.0. The molecule has 1 amide bonds. The van der Waals surface area contributed by atoms with Crippen molar-refractivity contribution >= 4 is 23.2 Å². The Morgan fingerprint density at radius 3 is 2.62 bits per heavy atom. The van der Waals surface area contributed by atoms with Gasteiger partial charge in [0.05, 0.1) is 12.1 Å². The fraction of sp³-hybridized carbons (Fsp3) is 0.100. The minimum atomic E-state index is -0.0949. The summed E-state index contributed by atoms with van der Waals surface area (Å²) in [5.74, 6) is -0.0260. The number of phenols is 1. The molecular formula is C10H11ClN2O3. The molecule has 0 bridgehead atoms. The van der Waals surface area contributed by atoms with E-state index in [0.29, 0.717) is 17.1 Å². The van der Waals surface area contributed by atoms with Crippen LogP contribution in [0, 0.1) is 0 Å². The summed E-state index contributed by atoms with van der Waals surface area (Å²) >= 11 is 5.53. The van der Waals surface area contributed by atoms with Gasteiger partial charge in [-0.3, -0.25) is 4.79 Å². The predicted octanol–water partition coefficient (Wildman–Crippen LogP) is 1.58. The van der Waals surface area contributed by atoms with Crippen LogP contribution in [0.2, 0.25) is 5.02 Å². The van der Waals surface area contributed by atoms with Crippen LogP contribution >= 0.6 is 11.6 Å². The molecule has 1 aliphatic heterocycles. The maximum Gasteiger partial charge on any atom is 0.256 e. The molecular weight excluding hydrogens is 232 g/mol. The lowest BCUT2D eigenvalue weighted by Crippen LogP contribution is -2.22. The number of halogens is 1. The monoisotopic (exact) mass is 242 g/mol. The molecule has 0 atom stereocenters. The first-order valence-corrected chi connectivity index (χ1v) is 4.81. The van der Waals surface area contributed by atoms with Gasteiger partial charge in [0.1, 0.15) is 12.0 Å². The molecule has 0 aromatic heterocycles. The first-order valence-electron chi connectivity index (χ1n) is 4.43. The number of nitrogens with two attached hydrogens (primary N) is 1. The van der Waals surface area contributed by atoms with Crippen molar-refractivity contribution in [3.8, 4) is 5.75 Å². The van der Waals surface area contributed by atoms with Gasteiger partial charge in [0.2, 0.25) is 0 Å². The average Bonchev–Trinajstić information content (AvgIpc) is 2.26. The lowest BCUT2D eigenvalue weighted by atomic mass is 10.3. The van der Waals surface area contributed by atoms with E-state index in [1.807, 2.05) is 0 Å². The van der Waals surface area contributed by atoms with Gasteiger partial charge in [0.25, 0.3) is 5.91 Å². The first kappa shape index (κ1) is 12.2. The maximum atomic E-state index is 10.2. The summed E-state index contributed by atoms with van der Waals surface area (Å²) in [7, 11) is 0. The summed E-state index contributed by atoms with van der Waals surface area (Å²) in [6.07, 6.45) is 3.53. The molecule has 2 rings (SSSR count). The topological polar surface area (TPSA) is 84.6 Å². The predicted molar refractivity (Wildman–Crippen MR) is 60.5 cm³/mol. The van der Waals surface area contributed by atoms with Crippen molar-refractivity contribution < 1.29 is 14.7 Å². The molecule has 0 spiro atoms. The molecule has 0 radical (unpaired) electrons. The fourth-order valence-electron chi connectivity index (χ4n) is 0.870. The van der Waals surface area contributed by atoms with Gasteiger partial charge >= 0.3 is 0 Å². The highest BCUT2D eigenvalue weighted by Gasteiger charge is 1.99. The molecule has 0 unspecified atom stereocenters. The minimum Gasteiger partial charge on any atom is -0.506 e. The van der Waals surface area contributed by atoms with E-state index in [1.165, 1.54) is 18.4 Å². The summed E-state index contributed by atoms with van der Waals surface area (Å²) in [6.45, 7) is 0. The largest absolute Gasteiger partial charge is 0.506 e. The highest BCUT2D eigenvalue weighted by atomic mass is 35.5. The number of amides is 1. The highest BCUT2D eigenvalue weighted by Crippen LogP contribution is 2.22. The zero-order valence-electron chi connectivity index (χ0n) is 8.31. The Morgan fingerprint density at radius 2 is 2.25 bits per heavy atom. The van der Waals surface area contributed by atoms with E-state index in [1.54, 1.807) is 12.1 Å². The molecule has 6 heteroatoms. The lowest BCUT2D eigenvalue weighted by Gasteiger charge is -2.03. The van der Waals surface area contributed by atoms with Gasteiger partial charge in [0, 0.05) is 5.02 Å². The third-order valence-electron chi connectivity index (χ3n) is 1.63. The maximum absolute atomic E-state index is 10.2. The van der Waals surface area contributed by atoms with Gasteiger partial charge in [-0.2, -0.15) is 5.48 Å². The van der Waals surface area contributed by atoms with Crippen LogP contribution in [0.25, 0.3) is 0 Å². The molecule has 86 valence electrons. The second-order valence-corrected chi connectivity index (χ2v) is 3.36. The first-order chi connectivity index (χ1) is 7.59. The second kappa shape index (κ2) is 5.87. The Balaban J connectivity index is 0.000000165. The number of carbonyl (C=O) groups is 1. The van der Waals surface area contributed by atoms with E-state index in [4.69, 9.17) is 22.4 Å². The Labute approximate surface area is 97.4 Å². The summed E-state index contributed by atoms with van der Waals surface area (Å²) < 4.78 is 0. The SMILES string of the molecule is Nc1cc(Cl)ccc1O.O=C1CC=CON1. The molecule has 0 aliphatic carbocycles. The number of rotatable bonds is 0. The molecule has 16 heavy (non-hydrogen) atoms. The van der Waals surface area contributed by atoms with Gasteiger partial charge in [0.15, 0.2) is 0 Å². The van der Waals surface area contributed by atoms with Crippen LogP contribution in [0.4, 0.5) is 5.69 Å². The zero-order valence-corrected chi connectivity index (χ0v) is 9.07. The van der Waals surface area contributed by atoms with E-state index in [9.17, 15) is 4.79 Å². The van der Waals surface area contributed by atoms with Crippen LogP contribution in [0.1, 0.15) is 6.42 Å². The quantitative estimate of drug-likeness (QED) is 0.476. The van der Waals surface area contributed by atoms with Crippen LogP contribution in [-0.4, -0.2) is 11.0 Å². The van der Waals surface area contributed by atoms with Crippen molar-refractivity contribution in [1.29, 1.82) is 0 Å². The number of anilines is 1. The molecule has 4 N–H and O–H groups in total. The van der Waals surface area contributed by atoms with E-state index in [-0.39, 0.29) is 11.7 Å². The van der Waals surface area contributed by atoms with E-state index in [0.717, 1.165) is 0 Å². The average molecular weight is 243 g/mol. The molecule has 1 aliphatic rings. The van der Waals surface area contributed by atoms with Crippen LogP contribution < -0.4 is 11.2 Å². The number of carbonyl (C=O) groups excluding carboxylic acids is 1. The standard InChI is InChI=1S/C6H6ClNO.C4H5NO2/c7-4-1-2-6(9)5(8)3-4;6-4-2-1-3-7-5-4/h1-3,9H,8H2;1,3H,2H2,(H,5,6). The minimum absolute atomic E-state index is 0.0689. The molecule has 1 aromatic carbocycles. The third-order valence-corrected chi connectivity index (χ3v) is 1.86. The Kier molecular flexibility index (Phi) is 4.47. The van der Waals surface area contributed by atoms with E-state index < -0.39 is 0 Å². The molecule has 1 aromatic rings. The number of phenolic OH excluding ortho intramolecular Hbond substituents is 1. The fourth-order valence-corrected chi connectivity index (χ4v) is 1.05. The van der Waals surface area contributed by atoms with Crippen LogP contribution in [0.3, 0.4) is 0 Å². The van der Waals surface area contributed by atoms with Gasteiger partial charge in [-0.05, 0) is 24.3 Å². The Morgan fingerprint density at radius 1 is 1.50 bits per heavy atom. The van der Waals surface area contributed by atoms with Crippen LogP contribution in [0.15, 0.2) is 30.5 Å². The number of hydroxylamine groups is 1. The van der Waals surface area contributed by atoms with E-state index >= 15 is 0 Å². The Bertz CT molecular complexity index is 407. The van der Waals surface area contributed by atoms with Crippen molar-refractivity contribution in [2.45, 2.75) is 6.42 Å². The van der Waals surface area contributed by atoms with Crippen molar-refractivity contribution in [3.63, 3.8) is 0 Å². The number of hydrogen-bond donors (Lipinski definition) is 3. The summed E-state index contributed by atoms with van der Waals surface area (Å²) in [6, 6.07) is 4.53. The number of nitrogens with one attached hydrogen (secondary N) is 1. The number of hydrogen-bond acceptors (Lipinski definition) is 4. The van der Waals surface area contributed by atoms with E-state index in [2.05, 4.69) is 10.3 Å². The molecule has 5 nitrogen and oxygen atoms in total. The molecule has 1 heterocycles. The number of aromatic hydroxyl groups is 1. The molecule has 0 saturated carbocycles. The number of nitrogen functional groups attached to an aromatic ring is 1. The highest BCUT2D eigenvalue weighted by molar-refractivity contribution is 6.30. The normalized spacial score (nSPS) is 13.2. The summed E-state index contributed by atoms with van der Waals surface area (Å²) in [4.78, 5) is 14.6. The third kappa shape index (κ3) is 4.10. The van der Waals surface area contributed by atoms with Gasteiger partial charge < -0.3 is 15.7 Å². The second-order valence-electron chi connectivity index (χ2n) is 2.92. The van der Waals surface area contributed by atoms with Crippen molar-refractivity contribution in [2.24, 2.45) is 0 Å². The van der Waals surface area contributed by atoms with Crippen molar-refractivity contribution in [1.82, 2.24) is 5.48 Å². The van der Waals surface area contributed by atoms with Crippen LogP contribution in [-0.2, 0) is 9.63 Å². The van der Waals surface area contributed by atoms with Gasteiger partial charge in [-0.25, -0.2) is 0 Å². The van der Waals surface area contributed by atoms with Crippen molar-refractivity contribution in [2.75, 3.05) is 5.73 Å². The molecule has 0 saturated heterocycles. The summed E-state index contributed by atoms with van der Waals surface area (Å²) in [5, 5.41) is 9.39. The summed E-state index contributed by atoms with van der Waals surface area (Å²) in [5.41, 5.74) is 7.75.